The molecule has 2 amide bonds. The molecule has 0 heterocycles. The van der Waals surface area contributed by atoms with E-state index >= 15 is 0 Å². The summed E-state index contributed by atoms with van der Waals surface area (Å²) in [7, 11) is 3.34. The van der Waals surface area contributed by atoms with Gasteiger partial charge < -0.3 is 20.3 Å². The first-order chi connectivity index (χ1) is 12.0. The molecule has 25 heavy (non-hydrogen) atoms. The van der Waals surface area contributed by atoms with E-state index < -0.39 is 0 Å². The third-order valence-corrected chi connectivity index (χ3v) is 3.76. The summed E-state index contributed by atoms with van der Waals surface area (Å²) in [6, 6.07) is 14.1. The number of carbonyl (C=O) groups is 2. The summed E-state index contributed by atoms with van der Waals surface area (Å²) >= 11 is 6.01. The number of anilines is 2. The summed E-state index contributed by atoms with van der Waals surface area (Å²) in [6.07, 6.45) is 0. The van der Waals surface area contributed by atoms with E-state index in [9.17, 15) is 9.59 Å². The first kappa shape index (κ1) is 18.8. The van der Waals surface area contributed by atoms with E-state index in [1.54, 1.807) is 62.7 Å². The number of para-hydroxylation sites is 1. The summed E-state index contributed by atoms with van der Waals surface area (Å²) in [6.45, 7) is 0.309. The molecule has 132 valence electrons. The minimum Gasteiger partial charge on any atom is -0.497 e. The van der Waals surface area contributed by atoms with Crippen LogP contribution in [0.1, 0.15) is 0 Å². The predicted octanol–water partition coefficient (Wildman–Crippen LogP) is 1.44. The van der Waals surface area contributed by atoms with Crippen molar-refractivity contribution in [3.8, 4) is 5.75 Å². The fourth-order valence-corrected chi connectivity index (χ4v) is 2.46. The van der Waals surface area contributed by atoms with Gasteiger partial charge in [-0.1, -0.05) is 29.8 Å². The second-order valence-corrected chi connectivity index (χ2v) is 6.03. The zero-order chi connectivity index (χ0) is 18.2. The van der Waals surface area contributed by atoms with Gasteiger partial charge in [-0.15, -0.1) is 0 Å². The van der Waals surface area contributed by atoms with Gasteiger partial charge in [-0.3, -0.25) is 9.59 Å². The van der Waals surface area contributed by atoms with Crippen LogP contribution in [-0.4, -0.2) is 39.1 Å². The van der Waals surface area contributed by atoms with Gasteiger partial charge in [-0.25, -0.2) is 0 Å². The van der Waals surface area contributed by atoms with Crippen LogP contribution in [0.3, 0.4) is 0 Å². The lowest BCUT2D eigenvalue weighted by Crippen LogP contribution is -3.11. The van der Waals surface area contributed by atoms with Crippen molar-refractivity contribution in [3.63, 3.8) is 0 Å². The number of methoxy groups -OCH3 is 1. The lowest BCUT2D eigenvalue weighted by Gasteiger charge is -2.14. The van der Waals surface area contributed by atoms with E-state index in [4.69, 9.17) is 16.3 Å². The van der Waals surface area contributed by atoms with Crippen LogP contribution in [0.25, 0.3) is 0 Å². The minimum absolute atomic E-state index is 0.150. The second kappa shape index (κ2) is 9.05. The van der Waals surface area contributed by atoms with Crippen LogP contribution < -0.4 is 20.3 Å². The molecule has 3 N–H and O–H groups in total. The quantitative estimate of drug-likeness (QED) is 0.698. The van der Waals surface area contributed by atoms with Gasteiger partial charge in [0, 0.05) is 11.8 Å². The van der Waals surface area contributed by atoms with Gasteiger partial charge in [0.25, 0.3) is 11.8 Å². The van der Waals surface area contributed by atoms with E-state index in [-0.39, 0.29) is 24.9 Å². The molecule has 6 nitrogen and oxygen atoms in total. The number of benzene rings is 2. The summed E-state index contributed by atoms with van der Waals surface area (Å²) in [5, 5.41) is 6.00. The SMILES string of the molecule is COc1cccc(NC(=O)C[NH+](C)CC(=O)Nc2ccccc2Cl)c1. The summed E-state index contributed by atoms with van der Waals surface area (Å²) in [5.41, 5.74) is 1.21. The monoisotopic (exact) mass is 362 g/mol. The predicted molar refractivity (Wildman–Crippen MR) is 98.3 cm³/mol. The Labute approximate surface area is 151 Å². The Bertz CT molecular complexity index is 752. The van der Waals surface area contributed by atoms with E-state index in [1.807, 2.05) is 0 Å². The molecular weight excluding hydrogens is 342 g/mol. The molecule has 1 unspecified atom stereocenters. The largest absolute Gasteiger partial charge is 0.497 e. The Balaban J connectivity index is 1.82. The maximum Gasteiger partial charge on any atom is 0.279 e. The van der Waals surface area contributed by atoms with Crippen molar-refractivity contribution < 1.29 is 19.2 Å². The number of nitrogens with one attached hydrogen (secondary N) is 3. The zero-order valence-corrected chi connectivity index (χ0v) is 14.9. The summed E-state index contributed by atoms with van der Waals surface area (Å²) in [5.74, 6) is 0.272. The van der Waals surface area contributed by atoms with E-state index in [1.165, 1.54) is 0 Å². The number of ether oxygens (including phenoxy) is 1. The highest BCUT2D eigenvalue weighted by atomic mass is 35.5. The molecule has 2 aromatic carbocycles. The lowest BCUT2D eigenvalue weighted by atomic mass is 10.3. The number of amides is 2. The van der Waals surface area contributed by atoms with Crippen molar-refractivity contribution in [2.45, 2.75) is 0 Å². The van der Waals surface area contributed by atoms with Gasteiger partial charge in [0.2, 0.25) is 0 Å². The van der Waals surface area contributed by atoms with Crippen molar-refractivity contribution in [2.75, 3.05) is 37.9 Å². The fraction of sp³-hybridized carbons (Fsp3) is 0.222. The van der Waals surface area contributed by atoms with E-state index in [2.05, 4.69) is 10.6 Å². The van der Waals surface area contributed by atoms with Crippen LogP contribution >= 0.6 is 11.6 Å². The first-order valence-corrected chi connectivity index (χ1v) is 8.15. The number of hydrogen-bond acceptors (Lipinski definition) is 3. The number of likely N-dealkylation sites (N-methyl/N-ethyl adjacent to an activating group) is 1. The highest BCUT2D eigenvalue weighted by Gasteiger charge is 2.15. The second-order valence-electron chi connectivity index (χ2n) is 5.62. The van der Waals surface area contributed by atoms with Gasteiger partial charge in [0.05, 0.1) is 24.9 Å². The number of halogens is 1. The maximum absolute atomic E-state index is 12.1. The number of hydrogen-bond donors (Lipinski definition) is 3. The van der Waals surface area contributed by atoms with Crippen molar-refractivity contribution in [1.29, 1.82) is 0 Å². The molecule has 1 atom stereocenters. The number of quaternary nitrogens is 1. The van der Waals surface area contributed by atoms with E-state index in [0.717, 1.165) is 4.90 Å². The van der Waals surface area contributed by atoms with Crippen LogP contribution in [-0.2, 0) is 9.59 Å². The lowest BCUT2D eigenvalue weighted by molar-refractivity contribution is -0.862. The van der Waals surface area contributed by atoms with Crippen LogP contribution in [0.4, 0.5) is 11.4 Å². The van der Waals surface area contributed by atoms with Crippen LogP contribution in [0.2, 0.25) is 5.02 Å². The third kappa shape index (κ3) is 6.10. The van der Waals surface area contributed by atoms with Gasteiger partial charge >= 0.3 is 0 Å². The Morgan fingerprint density at radius 3 is 2.40 bits per heavy atom. The molecular formula is C18H21ClN3O3+. The van der Waals surface area contributed by atoms with Crippen LogP contribution in [0.15, 0.2) is 48.5 Å². The van der Waals surface area contributed by atoms with Crippen LogP contribution in [0.5, 0.6) is 5.75 Å². The average Bonchev–Trinajstić information content (AvgIpc) is 2.56. The summed E-state index contributed by atoms with van der Waals surface area (Å²) in [4.78, 5) is 24.9. The molecule has 0 aliphatic carbocycles. The molecule has 2 aromatic rings. The van der Waals surface area contributed by atoms with Gasteiger partial charge in [-0.2, -0.15) is 0 Å². The Morgan fingerprint density at radius 1 is 1.04 bits per heavy atom. The molecule has 0 aliphatic rings. The highest BCUT2D eigenvalue weighted by Crippen LogP contribution is 2.20. The molecule has 0 fully saturated rings. The standard InChI is InChI=1S/C18H20ClN3O3/c1-22(12-18(24)21-16-9-4-3-8-15(16)19)11-17(23)20-13-6-5-7-14(10-13)25-2/h3-10H,11-12H2,1-2H3,(H,20,23)(H,21,24)/p+1. The Kier molecular flexibility index (Phi) is 6.80. The maximum atomic E-state index is 12.1. The fourth-order valence-electron chi connectivity index (χ4n) is 2.27. The topological polar surface area (TPSA) is 71.9 Å². The normalized spacial score (nSPS) is 11.5. The van der Waals surface area contributed by atoms with Gasteiger partial charge in [0.15, 0.2) is 13.1 Å². The molecule has 0 bridgehead atoms. The minimum atomic E-state index is -0.209. The third-order valence-electron chi connectivity index (χ3n) is 3.43. The van der Waals surface area contributed by atoms with Gasteiger partial charge in [0.1, 0.15) is 5.75 Å². The van der Waals surface area contributed by atoms with Crippen molar-refractivity contribution >= 4 is 34.8 Å². The molecule has 2 rings (SSSR count). The molecule has 7 heteroatoms. The molecule has 0 aliphatic heterocycles. The van der Waals surface area contributed by atoms with Crippen molar-refractivity contribution in [2.24, 2.45) is 0 Å². The number of carbonyl (C=O) groups excluding carboxylic acids is 2. The highest BCUT2D eigenvalue weighted by molar-refractivity contribution is 6.33. The smallest absolute Gasteiger partial charge is 0.279 e. The molecule has 0 saturated carbocycles. The summed E-state index contributed by atoms with van der Waals surface area (Å²) < 4.78 is 5.12. The van der Waals surface area contributed by atoms with Crippen molar-refractivity contribution in [1.82, 2.24) is 0 Å². The molecule has 0 radical (unpaired) electrons. The molecule has 0 saturated heterocycles. The molecule has 0 aromatic heterocycles. The Morgan fingerprint density at radius 2 is 1.72 bits per heavy atom. The number of rotatable bonds is 7. The van der Waals surface area contributed by atoms with Crippen LogP contribution in [0, 0.1) is 0 Å². The molecule has 0 spiro atoms. The average molecular weight is 363 g/mol. The van der Waals surface area contributed by atoms with Crippen molar-refractivity contribution in [3.05, 3.63) is 53.6 Å². The zero-order valence-electron chi connectivity index (χ0n) is 14.1. The Hall–Kier alpha value is -2.57. The first-order valence-electron chi connectivity index (χ1n) is 7.77. The van der Waals surface area contributed by atoms with Gasteiger partial charge in [-0.05, 0) is 24.3 Å². The van der Waals surface area contributed by atoms with E-state index in [0.29, 0.717) is 22.1 Å².